The lowest BCUT2D eigenvalue weighted by atomic mass is 9.67. The molecule has 7 rings (SSSR count). The number of piperazine rings is 1. The third-order valence-electron chi connectivity index (χ3n) is 10.6. The van der Waals surface area contributed by atoms with Gasteiger partial charge in [-0.3, -0.25) is 24.0 Å². The Morgan fingerprint density at radius 1 is 1.26 bits per heavy atom. The van der Waals surface area contributed by atoms with Gasteiger partial charge in [0.05, 0.1) is 10.5 Å². The molecule has 5 aliphatic rings. The normalized spacial score (nSPS) is 35.0. The van der Waals surface area contributed by atoms with Gasteiger partial charge in [0.1, 0.15) is 12.1 Å². The van der Waals surface area contributed by atoms with Gasteiger partial charge < -0.3 is 20.3 Å². The van der Waals surface area contributed by atoms with E-state index in [9.17, 15) is 19.5 Å². The summed E-state index contributed by atoms with van der Waals surface area (Å²) in [4.78, 5) is 48.7. The topological polar surface area (TPSA) is 115 Å². The van der Waals surface area contributed by atoms with Crippen LogP contribution in [-0.4, -0.2) is 67.9 Å². The zero-order valence-corrected chi connectivity index (χ0v) is 27.0. The fourth-order valence-corrected chi connectivity index (χ4v) is 9.06. The van der Waals surface area contributed by atoms with E-state index in [4.69, 9.17) is 4.74 Å². The van der Waals surface area contributed by atoms with E-state index < -0.39 is 41.5 Å². The lowest BCUT2D eigenvalue weighted by Gasteiger charge is -2.49. The largest absolute Gasteiger partial charge is 0.349 e. The van der Waals surface area contributed by atoms with Crippen LogP contribution in [0.4, 0.5) is 0 Å². The van der Waals surface area contributed by atoms with Crippen LogP contribution in [0.1, 0.15) is 71.4 Å². The number of carbonyl (C=O) groups excluding carboxylic acids is 3. The molecule has 2 aliphatic carbocycles. The Balaban J connectivity index is 1.25. The van der Waals surface area contributed by atoms with Crippen molar-refractivity contribution in [3.05, 3.63) is 40.0 Å². The number of H-pyrrole nitrogens is 1. The molecule has 1 aromatic carbocycles. The summed E-state index contributed by atoms with van der Waals surface area (Å²) in [6, 6.07) is 4.73. The molecule has 3 fully saturated rings. The van der Waals surface area contributed by atoms with E-state index in [-0.39, 0.29) is 29.6 Å². The average Bonchev–Trinajstić information content (AvgIpc) is 3.63. The number of aromatic nitrogens is 1. The number of hydrogen-bond donors (Lipinski definition) is 3. The maximum atomic E-state index is 14.4. The zero-order chi connectivity index (χ0) is 30.6. The molecule has 3 N–H and O–H groups in total. The van der Waals surface area contributed by atoms with Gasteiger partial charge in [0.15, 0.2) is 0 Å². The number of halogens is 1. The highest BCUT2D eigenvalue weighted by atomic mass is 79.9. The summed E-state index contributed by atoms with van der Waals surface area (Å²) in [5, 5.41) is 16.4. The van der Waals surface area contributed by atoms with Crippen LogP contribution in [-0.2, 0) is 25.5 Å². The Hall–Kier alpha value is -2.69. The number of aliphatic hydroxyl groups is 1. The van der Waals surface area contributed by atoms with Crippen LogP contribution >= 0.6 is 15.9 Å². The van der Waals surface area contributed by atoms with Gasteiger partial charge >= 0.3 is 0 Å². The van der Waals surface area contributed by atoms with Crippen molar-refractivity contribution in [2.45, 2.75) is 90.4 Å². The van der Waals surface area contributed by atoms with Gasteiger partial charge in [-0.2, -0.15) is 0 Å². The molecule has 0 bridgehead atoms. The zero-order valence-electron chi connectivity index (χ0n) is 25.4. The van der Waals surface area contributed by atoms with E-state index in [2.05, 4.69) is 51.4 Å². The molecule has 9 nitrogen and oxygen atoms in total. The number of fused-ring (bicyclic) bond motifs is 5. The number of aromatic amines is 1. The van der Waals surface area contributed by atoms with E-state index >= 15 is 0 Å². The average molecular weight is 654 g/mol. The van der Waals surface area contributed by atoms with Crippen molar-refractivity contribution in [3.63, 3.8) is 0 Å². The Labute approximate surface area is 260 Å². The van der Waals surface area contributed by atoms with Crippen LogP contribution < -0.4 is 5.32 Å². The van der Waals surface area contributed by atoms with Gasteiger partial charge in [-0.05, 0) is 88.6 Å². The minimum atomic E-state index is -2.00. The minimum absolute atomic E-state index is 0.109. The predicted molar refractivity (Wildman–Crippen MR) is 165 cm³/mol. The van der Waals surface area contributed by atoms with Crippen molar-refractivity contribution in [1.82, 2.24) is 20.1 Å². The van der Waals surface area contributed by atoms with Crippen molar-refractivity contribution < 1.29 is 24.2 Å². The van der Waals surface area contributed by atoms with Crippen LogP contribution in [0.3, 0.4) is 0 Å². The Bertz CT molecular complexity index is 1570. The first kappa shape index (κ1) is 29.0. The second-order valence-corrected chi connectivity index (χ2v) is 14.8. The number of amides is 3. The van der Waals surface area contributed by atoms with E-state index in [0.717, 1.165) is 28.5 Å². The van der Waals surface area contributed by atoms with Gasteiger partial charge in [-0.15, -0.1) is 0 Å². The van der Waals surface area contributed by atoms with E-state index in [1.54, 1.807) is 4.90 Å². The summed E-state index contributed by atoms with van der Waals surface area (Å²) in [6.45, 7) is 10.3. The smallest absolute Gasteiger partial charge is 0.281 e. The molecular weight excluding hydrogens is 612 g/mol. The summed E-state index contributed by atoms with van der Waals surface area (Å²) < 4.78 is 7.47. The standard InChI is InChI=1S/C33H41BrN4O5/c1-16(2)12-25-30(40)37-11-7-10-26(37)33(42)38(25)31(41)32(43-33,17(3)4)36-29(39)19-13-18(5)21-15-23-27-20(22(21)14-19)8-6-9-24(27)35-28(23)34/h6,8-9,14,16-19,21,25-26,35,42H,7,10-13,15H2,1-5H3,(H,36,39)/t18?,19-,21-,25-,26-,32+,33-/m0/s1. The highest BCUT2D eigenvalue weighted by Gasteiger charge is 2.72. The Kier molecular flexibility index (Phi) is 6.69. The molecular formula is C33H41BrN4O5. The molecule has 0 spiro atoms. The lowest BCUT2D eigenvalue weighted by Crippen LogP contribution is -2.71. The molecule has 0 radical (unpaired) electrons. The quantitative estimate of drug-likeness (QED) is 0.439. The predicted octanol–water partition coefficient (Wildman–Crippen LogP) is 4.53. The van der Waals surface area contributed by atoms with Crippen LogP contribution in [0.5, 0.6) is 0 Å². The van der Waals surface area contributed by atoms with E-state index in [1.807, 2.05) is 33.8 Å². The molecule has 2 aromatic rings. The van der Waals surface area contributed by atoms with E-state index in [0.29, 0.717) is 25.8 Å². The fourth-order valence-electron chi connectivity index (χ4n) is 8.49. The number of hydrogen-bond acceptors (Lipinski definition) is 5. The van der Waals surface area contributed by atoms with Crippen molar-refractivity contribution >= 4 is 50.1 Å². The van der Waals surface area contributed by atoms with Gasteiger partial charge in [0.2, 0.25) is 17.5 Å². The molecule has 3 amide bonds. The van der Waals surface area contributed by atoms with Gasteiger partial charge in [-0.1, -0.05) is 52.8 Å². The molecule has 3 aliphatic heterocycles. The summed E-state index contributed by atoms with van der Waals surface area (Å²) >= 11 is 3.72. The molecule has 230 valence electrons. The van der Waals surface area contributed by atoms with Crippen LogP contribution in [0.15, 0.2) is 28.9 Å². The minimum Gasteiger partial charge on any atom is -0.349 e. The van der Waals surface area contributed by atoms with Crippen molar-refractivity contribution in [3.8, 4) is 0 Å². The molecule has 4 heterocycles. The molecule has 10 heteroatoms. The van der Waals surface area contributed by atoms with Crippen molar-refractivity contribution in [1.29, 1.82) is 0 Å². The molecule has 1 unspecified atom stereocenters. The number of nitrogens with one attached hydrogen (secondary N) is 2. The molecule has 0 saturated carbocycles. The summed E-state index contributed by atoms with van der Waals surface area (Å²) in [7, 11) is 0. The van der Waals surface area contributed by atoms with Gasteiger partial charge in [0.25, 0.3) is 11.8 Å². The first-order valence-corrected chi connectivity index (χ1v) is 16.6. The molecule has 3 saturated heterocycles. The Morgan fingerprint density at radius 2 is 2.02 bits per heavy atom. The number of nitrogens with zero attached hydrogens (tertiary/aromatic N) is 2. The molecule has 43 heavy (non-hydrogen) atoms. The van der Waals surface area contributed by atoms with E-state index in [1.165, 1.54) is 21.4 Å². The van der Waals surface area contributed by atoms with Crippen molar-refractivity contribution in [2.75, 3.05) is 6.54 Å². The van der Waals surface area contributed by atoms with Crippen LogP contribution in [0.25, 0.3) is 16.5 Å². The summed E-state index contributed by atoms with van der Waals surface area (Å²) in [6.07, 6.45) is 5.26. The van der Waals surface area contributed by atoms with Gasteiger partial charge in [0, 0.05) is 23.4 Å². The maximum Gasteiger partial charge on any atom is 0.281 e. The van der Waals surface area contributed by atoms with Crippen LogP contribution in [0.2, 0.25) is 0 Å². The number of allylic oxidation sites excluding steroid dienone is 1. The maximum absolute atomic E-state index is 14.4. The third-order valence-corrected chi connectivity index (χ3v) is 11.3. The monoisotopic (exact) mass is 652 g/mol. The van der Waals surface area contributed by atoms with Crippen molar-refractivity contribution in [2.24, 2.45) is 29.6 Å². The number of rotatable bonds is 5. The number of carbonyl (C=O) groups is 3. The summed E-state index contributed by atoms with van der Waals surface area (Å²) in [5.74, 6) is -3.34. The number of benzene rings is 1. The fraction of sp³-hybridized carbons (Fsp3) is 0.606. The highest BCUT2D eigenvalue weighted by Crippen LogP contribution is 2.51. The third kappa shape index (κ3) is 4.05. The van der Waals surface area contributed by atoms with Gasteiger partial charge in [-0.25, -0.2) is 0 Å². The first-order valence-electron chi connectivity index (χ1n) is 15.8. The number of ether oxygens (including phenoxy) is 1. The first-order chi connectivity index (χ1) is 20.4. The lowest BCUT2D eigenvalue weighted by molar-refractivity contribution is -0.322. The SMILES string of the molecule is CC(C)C[C@H]1C(=O)N2CCC[C@H]2[C@]2(O)O[C@](NC(=O)[C@@H]3C=C4c5cccc6[nH]c(Br)c(c56)C[C@H]4C(C)C3)(C(C)C)C(=O)N12. The molecule has 1 aromatic heterocycles. The Morgan fingerprint density at radius 3 is 2.74 bits per heavy atom. The second kappa shape index (κ2) is 9.91. The van der Waals surface area contributed by atoms with Crippen LogP contribution in [0, 0.1) is 29.6 Å². The highest BCUT2D eigenvalue weighted by molar-refractivity contribution is 9.10. The summed E-state index contributed by atoms with van der Waals surface area (Å²) in [5.41, 5.74) is 2.87. The second-order valence-electron chi connectivity index (χ2n) is 14.0. The molecule has 7 atom stereocenters.